The average Bonchev–Trinajstić information content (AvgIpc) is 2.90. The molecule has 2 aromatic carbocycles. The first-order valence-corrected chi connectivity index (χ1v) is 7.48. The van der Waals surface area contributed by atoms with Crippen molar-refractivity contribution in [2.75, 3.05) is 18.0 Å². The fourth-order valence-corrected chi connectivity index (χ4v) is 3.07. The summed E-state index contributed by atoms with van der Waals surface area (Å²) in [5.41, 5.74) is 11.5. The second-order valence-electron chi connectivity index (χ2n) is 5.46. The van der Waals surface area contributed by atoms with Crippen LogP contribution in [0.3, 0.4) is 0 Å². The molecular formula is C18H22N2. The molecule has 0 bridgehead atoms. The molecule has 0 saturated carbocycles. The topological polar surface area (TPSA) is 29.3 Å². The second kappa shape index (κ2) is 6.10. The minimum absolute atomic E-state index is 0.775. The molecule has 0 saturated heterocycles. The van der Waals surface area contributed by atoms with E-state index in [9.17, 15) is 0 Å². The molecule has 2 nitrogen and oxygen atoms in total. The van der Waals surface area contributed by atoms with Gasteiger partial charge in [-0.05, 0) is 48.6 Å². The van der Waals surface area contributed by atoms with Crippen LogP contribution in [0.25, 0.3) is 0 Å². The van der Waals surface area contributed by atoms with Crippen LogP contribution in [0.4, 0.5) is 5.69 Å². The minimum atomic E-state index is 0.775. The van der Waals surface area contributed by atoms with Crippen LogP contribution < -0.4 is 10.6 Å². The van der Waals surface area contributed by atoms with Gasteiger partial charge in [-0.15, -0.1) is 0 Å². The van der Waals surface area contributed by atoms with Gasteiger partial charge < -0.3 is 10.6 Å². The van der Waals surface area contributed by atoms with Gasteiger partial charge in [-0.1, -0.05) is 42.5 Å². The zero-order valence-electron chi connectivity index (χ0n) is 11.9. The highest BCUT2D eigenvalue weighted by atomic mass is 15.1. The first-order chi connectivity index (χ1) is 9.88. The number of nitrogens with zero attached hydrogens (tertiary/aromatic N) is 1. The van der Waals surface area contributed by atoms with Crippen molar-refractivity contribution in [1.82, 2.24) is 0 Å². The van der Waals surface area contributed by atoms with E-state index < -0.39 is 0 Å². The highest BCUT2D eigenvalue weighted by Crippen LogP contribution is 2.32. The third-order valence-electron chi connectivity index (χ3n) is 4.09. The van der Waals surface area contributed by atoms with Gasteiger partial charge in [0, 0.05) is 18.8 Å². The fraction of sp³-hybridized carbons (Fsp3) is 0.333. The van der Waals surface area contributed by atoms with E-state index in [0.29, 0.717) is 0 Å². The summed E-state index contributed by atoms with van der Waals surface area (Å²) in [5, 5.41) is 0. The molecule has 0 aliphatic carbocycles. The predicted octanol–water partition coefficient (Wildman–Crippen LogP) is 3.14. The lowest BCUT2D eigenvalue weighted by atomic mass is 10.0. The summed E-state index contributed by atoms with van der Waals surface area (Å²) in [6, 6.07) is 17.4. The van der Waals surface area contributed by atoms with Crippen LogP contribution in [0.5, 0.6) is 0 Å². The molecule has 20 heavy (non-hydrogen) atoms. The molecule has 0 unspecified atom stereocenters. The molecule has 0 fully saturated rings. The Labute approximate surface area is 121 Å². The van der Waals surface area contributed by atoms with Gasteiger partial charge in [0.05, 0.1) is 0 Å². The lowest BCUT2D eigenvalue weighted by Crippen LogP contribution is -2.19. The summed E-state index contributed by atoms with van der Waals surface area (Å²) in [7, 11) is 0. The Balaban J connectivity index is 1.80. The Morgan fingerprint density at radius 2 is 1.85 bits per heavy atom. The number of nitrogens with two attached hydrogens (primary N) is 1. The monoisotopic (exact) mass is 266 g/mol. The summed E-state index contributed by atoms with van der Waals surface area (Å²) >= 11 is 0. The summed E-state index contributed by atoms with van der Waals surface area (Å²) in [6.07, 6.45) is 3.36. The third kappa shape index (κ3) is 2.70. The quantitative estimate of drug-likeness (QED) is 0.901. The Kier molecular flexibility index (Phi) is 4.03. The number of fused-ring (bicyclic) bond motifs is 1. The molecule has 1 aliphatic heterocycles. The maximum absolute atomic E-state index is 5.64. The van der Waals surface area contributed by atoms with E-state index in [1.54, 1.807) is 0 Å². The Morgan fingerprint density at radius 3 is 2.65 bits per heavy atom. The van der Waals surface area contributed by atoms with Crippen molar-refractivity contribution in [2.24, 2.45) is 5.73 Å². The molecule has 0 atom stereocenters. The van der Waals surface area contributed by atoms with Crippen LogP contribution in [0.1, 0.15) is 23.1 Å². The van der Waals surface area contributed by atoms with Crippen molar-refractivity contribution in [2.45, 2.75) is 25.8 Å². The lowest BCUT2D eigenvalue weighted by molar-refractivity contribution is 0.818. The summed E-state index contributed by atoms with van der Waals surface area (Å²) in [5.74, 6) is 0. The normalized spacial score (nSPS) is 13.6. The van der Waals surface area contributed by atoms with Gasteiger partial charge in [0.1, 0.15) is 0 Å². The molecule has 2 N–H and O–H groups in total. The number of hydrogen-bond donors (Lipinski definition) is 1. The zero-order chi connectivity index (χ0) is 13.8. The Bertz CT molecular complexity index is 563. The number of hydrogen-bond acceptors (Lipinski definition) is 2. The lowest BCUT2D eigenvalue weighted by Gasteiger charge is -2.20. The van der Waals surface area contributed by atoms with Crippen LogP contribution in [0.15, 0.2) is 48.5 Å². The SMILES string of the molecule is NCCCc1cccc2c1CCN2Cc1ccccc1. The van der Waals surface area contributed by atoms with Crippen LogP contribution >= 0.6 is 0 Å². The molecule has 0 spiro atoms. The summed E-state index contributed by atoms with van der Waals surface area (Å²) < 4.78 is 0. The van der Waals surface area contributed by atoms with Crippen LogP contribution in [0, 0.1) is 0 Å². The highest BCUT2D eigenvalue weighted by Gasteiger charge is 2.21. The van der Waals surface area contributed by atoms with Crippen molar-refractivity contribution in [3.63, 3.8) is 0 Å². The van der Waals surface area contributed by atoms with Crippen molar-refractivity contribution < 1.29 is 0 Å². The van der Waals surface area contributed by atoms with Crippen molar-refractivity contribution in [1.29, 1.82) is 0 Å². The van der Waals surface area contributed by atoms with E-state index in [4.69, 9.17) is 5.73 Å². The smallest absolute Gasteiger partial charge is 0.0429 e. The molecule has 0 amide bonds. The van der Waals surface area contributed by atoms with Crippen molar-refractivity contribution in [3.05, 3.63) is 65.2 Å². The number of anilines is 1. The summed E-state index contributed by atoms with van der Waals surface area (Å²) in [6.45, 7) is 2.91. The fourth-order valence-electron chi connectivity index (χ4n) is 3.07. The maximum Gasteiger partial charge on any atom is 0.0429 e. The zero-order valence-corrected chi connectivity index (χ0v) is 11.9. The first-order valence-electron chi connectivity index (χ1n) is 7.48. The Morgan fingerprint density at radius 1 is 1.00 bits per heavy atom. The van der Waals surface area contributed by atoms with Gasteiger partial charge in [0.25, 0.3) is 0 Å². The van der Waals surface area contributed by atoms with E-state index in [1.165, 1.54) is 28.8 Å². The number of benzene rings is 2. The average molecular weight is 266 g/mol. The summed E-state index contributed by atoms with van der Waals surface area (Å²) in [4.78, 5) is 2.50. The van der Waals surface area contributed by atoms with Gasteiger partial charge in [-0.2, -0.15) is 0 Å². The molecule has 3 rings (SSSR count). The molecule has 0 aromatic heterocycles. The van der Waals surface area contributed by atoms with Crippen LogP contribution in [0.2, 0.25) is 0 Å². The third-order valence-corrected chi connectivity index (χ3v) is 4.09. The van der Waals surface area contributed by atoms with E-state index in [-0.39, 0.29) is 0 Å². The van der Waals surface area contributed by atoms with E-state index in [1.807, 2.05) is 0 Å². The molecule has 1 aliphatic rings. The number of rotatable bonds is 5. The molecular weight excluding hydrogens is 244 g/mol. The second-order valence-corrected chi connectivity index (χ2v) is 5.46. The number of aryl methyl sites for hydroxylation is 1. The van der Waals surface area contributed by atoms with Crippen LogP contribution in [-0.4, -0.2) is 13.1 Å². The van der Waals surface area contributed by atoms with Gasteiger partial charge in [0.15, 0.2) is 0 Å². The molecule has 1 heterocycles. The largest absolute Gasteiger partial charge is 0.367 e. The van der Waals surface area contributed by atoms with Gasteiger partial charge in [-0.25, -0.2) is 0 Å². The molecule has 0 radical (unpaired) electrons. The van der Waals surface area contributed by atoms with Gasteiger partial charge >= 0.3 is 0 Å². The highest BCUT2D eigenvalue weighted by molar-refractivity contribution is 5.61. The predicted molar refractivity (Wildman–Crippen MR) is 85.0 cm³/mol. The standard InChI is InChI=1S/C18H22N2/c19-12-5-9-16-8-4-10-18-17(16)11-13-20(18)14-15-6-2-1-3-7-15/h1-4,6-8,10H,5,9,11-14,19H2. The van der Waals surface area contributed by atoms with Crippen molar-refractivity contribution >= 4 is 5.69 Å². The van der Waals surface area contributed by atoms with E-state index in [2.05, 4.69) is 53.4 Å². The minimum Gasteiger partial charge on any atom is -0.367 e. The van der Waals surface area contributed by atoms with Gasteiger partial charge in [-0.3, -0.25) is 0 Å². The molecule has 2 aromatic rings. The molecule has 2 heteroatoms. The van der Waals surface area contributed by atoms with Gasteiger partial charge in [0.2, 0.25) is 0 Å². The maximum atomic E-state index is 5.64. The van der Waals surface area contributed by atoms with E-state index in [0.717, 1.165) is 32.5 Å². The molecule has 104 valence electrons. The Hall–Kier alpha value is -1.80. The van der Waals surface area contributed by atoms with E-state index >= 15 is 0 Å². The first kappa shape index (κ1) is 13.2. The van der Waals surface area contributed by atoms with Crippen LogP contribution in [-0.2, 0) is 19.4 Å². The van der Waals surface area contributed by atoms with Crippen molar-refractivity contribution in [3.8, 4) is 0 Å².